The van der Waals surface area contributed by atoms with Crippen LogP contribution in [0.25, 0.3) is 0 Å². The molecule has 0 spiro atoms. The predicted octanol–water partition coefficient (Wildman–Crippen LogP) is 1.28. The third-order valence-corrected chi connectivity index (χ3v) is 1.74. The first-order valence-corrected chi connectivity index (χ1v) is 4.39. The van der Waals surface area contributed by atoms with Gasteiger partial charge >= 0.3 is 5.97 Å². The SMILES string of the molecule is C=CC(=O)Oc1ccc(CCN)cc1. The molecule has 0 saturated heterocycles. The number of nitrogens with two attached hydrogens (primary N) is 1. The summed E-state index contributed by atoms with van der Waals surface area (Å²) in [6, 6.07) is 7.26. The maximum atomic E-state index is 10.8. The summed E-state index contributed by atoms with van der Waals surface area (Å²) >= 11 is 0. The summed E-state index contributed by atoms with van der Waals surface area (Å²) in [6.45, 7) is 3.93. The second-order valence-corrected chi connectivity index (χ2v) is 2.81. The van der Waals surface area contributed by atoms with Gasteiger partial charge in [-0.2, -0.15) is 0 Å². The van der Waals surface area contributed by atoms with Crippen LogP contribution in [0.2, 0.25) is 0 Å². The van der Waals surface area contributed by atoms with Gasteiger partial charge in [-0.25, -0.2) is 4.79 Å². The Bertz CT molecular complexity index is 317. The van der Waals surface area contributed by atoms with Crippen LogP contribution in [0, 0.1) is 0 Å². The van der Waals surface area contributed by atoms with Gasteiger partial charge in [0.25, 0.3) is 0 Å². The van der Waals surface area contributed by atoms with Crippen LogP contribution in [0.1, 0.15) is 5.56 Å². The van der Waals surface area contributed by atoms with Crippen LogP contribution in [0.15, 0.2) is 36.9 Å². The standard InChI is InChI=1S/C11H13NO2/c1-2-11(13)14-10-5-3-9(4-6-10)7-8-12/h2-6H,1,7-8,12H2. The number of benzene rings is 1. The molecule has 1 aromatic carbocycles. The van der Waals surface area contributed by atoms with E-state index in [9.17, 15) is 4.79 Å². The van der Waals surface area contributed by atoms with E-state index in [4.69, 9.17) is 10.5 Å². The molecule has 0 aliphatic heterocycles. The predicted molar refractivity (Wildman–Crippen MR) is 55.0 cm³/mol. The lowest BCUT2D eigenvalue weighted by molar-refractivity contribution is -0.128. The molecule has 0 amide bonds. The fourth-order valence-electron chi connectivity index (χ4n) is 1.05. The first-order valence-electron chi connectivity index (χ1n) is 4.39. The minimum atomic E-state index is -0.448. The molecule has 14 heavy (non-hydrogen) atoms. The fraction of sp³-hybridized carbons (Fsp3) is 0.182. The topological polar surface area (TPSA) is 52.3 Å². The minimum Gasteiger partial charge on any atom is -0.423 e. The summed E-state index contributed by atoms with van der Waals surface area (Å²) in [5.41, 5.74) is 6.53. The smallest absolute Gasteiger partial charge is 0.335 e. The van der Waals surface area contributed by atoms with Crippen molar-refractivity contribution in [2.45, 2.75) is 6.42 Å². The van der Waals surface area contributed by atoms with E-state index in [1.165, 1.54) is 0 Å². The van der Waals surface area contributed by atoms with Crippen molar-refractivity contribution in [3.05, 3.63) is 42.5 Å². The lowest BCUT2D eigenvalue weighted by Crippen LogP contribution is -2.04. The van der Waals surface area contributed by atoms with Crippen molar-refractivity contribution in [2.24, 2.45) is 5.73 Å². The Kier molecular flexibility index (Phi) is 3.88. The van der Waals surface area contributed by atoms with Crippen LogP contribution in [0.5, 0.6) is 5.75 Å². The molecule has 0 saturated carbocycles. The third kappa shape index (κ3) is 3.03. The highest BCUT2D eigenvalue weighted by Gasteiger charge is 1.98. The van der Waals surface area contributed by atoms with Crippen LogP contribution < -0.4 is 10.5 Å². The van der Waals surface area contributed by atoms with Crippen LogP contribution in [-0.2, 0) is 11.2 Å². The molecule has 0 aliphatic rings. The quantitative estimate of drug-likeness (QED) is 0.443. The number of hydrogen-bond donors (Lipinski definition) is 1. The van der Waals surface area contributed by atoms with Crippen LogP contribution in [0.3, 0.4) is 0 Å². The molecular weight excluding hydrogens is 178 g/mol. The Balaban J connectivity index is 2.63. The van der Waals surface area contributed by atoms with E-state index >= 15 is 0 Å². The molecule has 3 heteroatoms. The first-order chi connectivity index (χ1) is 6.76. The number of rotatable bonds is 4. The van der Waals surface area contributed by atoms with Gasteiger partial charge in [0.2, 0.25) is 0 Å². The van der Waals surface area contributed by atoms with Gasteiger partial charge in [-0.05, 0) is 30.7 Å². The van der Waals surface area contributed by atoms with Crippen molar-refractivity contribution in [3.63, 3.8) is 0 Å². The molecule has 74 valence electrons. The number of hydrogen-bond acceptors (Lipinski definition) is 3. The third-order valence-electron chi connectivity index (χ3n) is 1.74. The normalized spacial score (nSPS) is 9.50. The van der Waals surface area contributed by atoms with E-state index in [2.05, 4.69) is 6.58 Å². The van der Waals surface area contributed by atoms with Crippen LogP contribution in [-0.4, -0.2) is 12.5 Å². The van der Waals surface area contributed by atoms with Gasteiger partial charge in [0.15, 0.2) is 0 Å². The Morgan fingerprint density at radius 1 is 1.43 bits per heavy atom. The van der Waals surface area contributed by atoms with E-state index < -0.39 is 5.97 Å². The van der Waals surface area contributed by atoms with Gasteiger partial charge < -0.3 is 10.5 Å². The molecule has 0 atom stereocenters. The van der Waals surface area contributed by atoms with E-state index in [1.54, 1.807) is 12.1 Å². The largest absolute Gasteiger partial charge is 0.423 e. The molecule has 0 unspecified atom stereocenters. The van der Waals surface area contributed by atoms with Crippen LogP contribution in [0.4, 0.5) is 0 Å². The van der Waals surface area contributed by atoms with E-state index in [0.29, 0.717) is 12.3 Å². The number of carbonyl (C=O) groups excluding carboxylic acids is 1. The van der Waals surface area contributed by atoms with Crippen molar-refractivity contribution >= 4 is 5.97 Å². The highest BCUT2D eigenvalue weighted by Crippen LogP contribution is 2.12. The summed E-state index contributed by atoms with van der Waals surface area (Å²) < 4.78 is 4.91. The van der Waals surface area contributed by atoms with E-state index in [1.807, 2.05) is 12.1 Å². The summed E-state index contributed by atoms with van der Waals surface area (Å²) in [5.74, 6) is 0.0762. The maximum Gasteiger partial charge on any atom is 0.335 e. The molecule has 0 radical (unpaired) electrons. The van der Waals surface area contributed by atoms with E-state index in [-0.39, 0.29) is 0 Å². The van der Waals surface area contributed by atoms with Crippen molar-refractivity contribution in [1.82, 2.24) is 0 Å². The van der Waals surface area contributed by atoms with Gasteiger partial charge in [-0.3, -0.25) is 0 Å². The fourth-order valence-corrected chi connectivity index (χ4v) is 1.05. The Labute approximate surface area is 83.2 Å². The molecule has 3 nitrogen and oxygen atoms in total. The Morgan fingerprint density at radius 3 is 2.57 bits per heavy atom. The first kappa shape index (κ1) is 10.5. The average molecular weight is 191 g/mol. The molecular formula is C11H13NO2. The molecule has 0 fully saturated rings. The van der Waals surface area contributed by atoms with Gasteiger partial charge in [-0.1, -0.05) is 18.7 Å². The lowest BCUT2D eigenvalue weighted by atomic mass is 10.1. The zero-order valence-electron chi connectivity index (χ0n) is 7.90. The number of esters is 1. The second kappa shape index (κ2) is 5.19. The molecule has 0 aliphatic carbocycles. The highest BCUT2D eigenvalue weighted by atomic mass is 16.5. The summed E-state index contributed by atoms with van der Waals surface area (Å²) in [6.07, 6.45) is 1.96. The number of carbonyl (C=O) groups is 1. The van der Waals surface area contributed by atoms with Gasteiger partial charge in [-0.15, -0.1) is 0 Å². The minimum absolute atomic E-state index is 0.448. The summed E-state index contributed by atoms with van der Waals surface area (Å²) in [7, 11) is 0. The zero-order chi connectivity index (χ0) is 10.4. The van der Waals surface area contributed by atoms with Crippen molar-refractivity contribution < 1.29 is 9.53 Å². The second-order valence-electron chi connectivity index (χ2n) is 2.81. The number of ether oxygens (including phenoxy) is 1. The Morgan fingerprint density at radius 2 is 2.07 bits per heavy atom. The van der Waals surface area contributed by atoms with Gasteiger partial charge in [0, 0.05) is 6.08 Å². The highest BCUT2D eigenvalue weighted by molar-refractivity contribution is 5.83. The van der Waals surface area contributed by atoms with Gasteiger partial charge in [0.1, 0.15) is 5.75 Å². The molecule has 0 aromatic heterocycles. The summed E-state index contributed by atoms with van der Waals surface area (Å²) in [4.78, 5) is 10.8. The Hall–Kier alpha value is -1.61. The lowest BCUT2D eigenvalue weighted by Gasteiger charge is -2.02. The molecule has 1 rings (SSSR count). The molecule has 0 heterocycles. The van der Waals surface area contributed by atoms with Crippen molar-refractivity contribution in [3.8, 4) is 5.75 Å². The molecule has 0 bridgehead atoms. The van der Waals surface area contributed by atoms with Gasteiger partial charge in [0.05, 0.1) is 0 Å². The zero-order valence-corrected chi connectivity index (χ0v) is 7.90. The molecule has 2 N–H and O–H groups in total. The maximum absolute atomic E-state index is 10.8. The van der Waals surface area contributed by atoms with Crippen molar-refractivity contribution in [1.29, 1.82) is 0 Å². The summed E-state index contributed by atoms with van der Waals surface area (Å²) in [5, 5.41) is 0. The molecule has 1 aromatic rings. The van der Waals surface area contributed by atoms with Crippen LogP contribution >= 0.6 is 0 Å². The van der Waals surface area contributed by atoms with Crippen molar-refractivity contribution in [2.75, 3.05) is 6.54 Å². The van der Waals surface area contributed by atoms with E-state index in [0.717, 1.165) is 18.1 Å². The monoisotopic (exact) mass is 191 g/mol. The average Bonchev–Trinajstić information content (AvgIpc) is 2.21.